The third kappa shape index (κ3) is 3.84. The number of carbonyl (C=O) groups is 1. The molecular weight excluding hydrogens is 414 g/mol. The molecule has 8 nitrogen and oxygen atoms in total. The molecular formula is C22H21N5O3S. The van der Waals surface area contributed by atoms with E-state index >= 15 is 0 Å². The van der Waals surface area contributed by atoms with Crippen LogP contribution in [0.1, 0.15) is 18.4 Å². The zero-order valence-corrected chi connectivity index (χ0v) is 17.8. The third-order valence-corrected chi connectivity index (χ3v) is 6.34. The Morgan fingerprint density at radius 3 is 2.81 bits per heavy atom. The number of nitrogens with zero attached hydrogens (tertiary/aromatic N) is 4. The van der Waals surface area contributed by atoms with Crippen LogP contribution in [0, 0.1) is 6.92 Å². The van der Waals surface area contributed by atoms with Gasteiger partial charge in [-0.25, -0.2) is 9.67 Å². The SMILES string of the molecule is Cc1cccc(NC(=O)Cn2nc(-c3ccco3)c3sc(N4CCCC4)nc3c2=O)c1. The lowest BCUT2D eigenvalue weighted by Gasteiger charge is -2.11. The molecule has 1 aromatic carbocycles. The molecule has 31 heavy (non-hydrogen) atoms. The van der Waals surface area contributed by atoms with E-state index in [0.29, 0.717) is 27.4 Å². The molecule has 1 saturated heterocycles. The number of aromatic nitrogens is 3. The Balaban J connectivity index is 1.54. The fourth-order valence-corrected chi connectivity index (χ4v) is 4.83. The number of aryl methyl sites for hydroxylation is 1. The van der Waals surface area contributed by atoms with Crippen LogP contribution in [0.25, 0.3) is 21.7 Å². The minimum absolute atomic E-state index is 0.215. The van der Waals surface area contributed by atoms with Gasteiger partial charge in [-0.05, 0) is 49.6 Å². The summed E-state index contributed by atoms with van der Waals surface area (Å²) in [6.45, 7) is 3.59. The predicted octanol–water partition coefficient (Wildman–Crippen LogP) is 3.66. The second-order valence-corrected chi connectivity index (χ2v) is 8.55. The van der Waals surface area contributed by atoms with Crippen molar-refractivity contribution in [3.8, 4) is 11.5 Å². The molecule has 4 aromatic rings. The molecule has 4 heterocycles. The van der Waals surface area contributed by atoms with Crippen molar-refractivity contribution < 1.29 is 9.21 Å². The standard InChI is InChI=1S/C22H21N5O3S/c1-14-6-4-7-15(12-14)23-17(28)13-27-21(29)19-20(18(25-27)16-8-5-11-30-16)31-22(24-19)26-9-2-3-10-26/h4-8,11-12H,2-3,9-10,13H2,1H3,(H,23,28). The molecule has 3 aromatic heterocycles. The summed E-state index contributed by atoms with van der Waals surface area (Å²) >= 11 is 1.44. The molecule has 1 amide bonds. The van der Waals surface area contributed by atoms with Gasteiger partial charge in [-0.15, -0.1) is 0 Å². The normalized spacial score (nSPS) is 13.8. The van der Waals surface area contributed by atoms with E-state index in [0.717, 1.165) is 36.6 Å². The van der Waals surface area contributed by atoms with E-state index in [1.165, 1.54) is 16.0 Å². The lowest BCUT2D eigenvalue weighted by molar-refractivity contribution is -0.117. The fraction of sp³-hybridized carbons (Fsp3) is 0.273. The van der Waals surface area contributed by atoms with Crippen molar-refractivity contribution in [2.75, 3.05) is 23.3 Å². The maximum atomic E-state index is 13.1. The van der Waals surface area contributed by atoms with E-state index in [1.54, 1.807) is 24.5 Å². The molecule has 0 aliphatic carbocycles. The van der Waals surface area contributed by atoms with Crippen LogP contribution in [-0.2, 0) is 11.3 Å². The lowest BCUT2D eigenvalue weighted by Crippen LogP contribution is -2.30. The van der Waals surface area contributed by atoms with E-state index in [2.05, 4.69) is 20.3 Å². The van der Waals surface area contributed by atoms with Crippen LogP contribution in [0.15, 0.2) is 51.9 Å². The van der Waals surface area contributed by atoms with Crippen LogP contribution in [-0.4, -0.2) is 33.8 Å². The van der Waals surface area contributed by atoms with Crippen molar-refractivity contribution in [1.82, 2.24) is 14.8 Å². The maximum Gasteiger partial charge on any atom is 0.294 e. The van der Waals surface area contributed by atoms with Gasteiger partial charge in [-0.1, -0.05) is 23.5 Å². The number of furan rings is 1. The van der Waals surface area contributed by atoms with Crippen molar-refractivity contribution in [2.45, 2.75) is 26.3 Å². The summed E-state index contributed by atoms with van der Waals surface area (Å²) in [6, 6.07) is 11.1. The van der Waals surface area contributed by atoms with Crippen LogP contribution < -0.4 is 15.8 Å². The van der Waals surface area contributed by atoms with Crippen LogP contribution in [0.2, 0.25) is 0 Å². The Morgan fingerprint density at radius 1 is 1.23 bits per heavy atom. The maximum absolute atomic E-state index is 13.1. The van der Waals surface area contributed by atoms with Gasteiger partial charge in [0.1, 0.15) is 12.2 Å². The molecule has 0 unspecified atom stereocenters. The zero-order valence-electron chi connectivity index (χ0n) is 17.0. The van der Waals surface area contributed by atoms with E-state index in [9.17, 15) is 9.59 Å². The molecule has 5 rings (SSSR count). The van der Waals surface area contributed by atoms with Crippen molar-refractivity contribution in [3.05, 3.63) is 58.6 Å². The summed E-state index contributed by atoms with van der Waals surface area (Å²) in [5.74, 6) is 0.203. The molecule has 1 N–H and O–H groups in total. The summed E-state index contributed by atoms with van der Waals surface area (Å²) in [7, 11) is 0. The van der Waals surface area contributed by atoms with Gasteiger partial charge >= 0.3 is 0 Å². The van der Waals surface area contributed by atoms with Gasteiger partial charge in [0.25, 0.3) is 5.56 Å². The van der Waals surface area contributed by atoms with Gasteiger partial charge in [0.15, 0.2) is 16.4 Å². The molecule has 1 aliphatic heterocycles. The molecule has 0 saturated carbocycles. The van der Waals surface area contributed by atoms with E-state index in [1.807, 2.05) is 25.1 Å². The Hall–Kier alpha value is -3.46. The highest BCUT2D eigenvalue weighted by Crippen LogP contribution is 2.35. The van der Waals surface area contributed by atoms with Gasteiger partial charge in [0.05, 0.1) is 11.0 Å². The number of hydrogen-bond donors (Lipinski definition) is 1. The first-order valence-electron chi connectivity index (χ1n) is 10.2. The summed E-state index contributed by atoms with van der Waals surface area (Å²) in [5, 5.41) is 8.11. The number of nitrogens with one attached hydrogen (secondary N) is 1. The van der Waals surface area contributed by atoms with Crippen molar-refractivity contribution in [3.63, 3.8) is 0 Å². The molecule has 0 bridgehead atoms. The Labute approximate surface area is 182 Å². The number of rotatable bonds is 5. The molecule has 9 heteroatoms. The van der Waals surface area contributed by atoms with Crippen molar-refractivity contribution in [1.29, 1.82) is 0 Å². The monoisotopic (exact) mass is 435 g/mol. The number of amides is 1. The summed E-state index contributed by atoms with van der Waals surface area (Å²) in [5.41, 5.74) is 2.16. The minimum atomic E-state index is -0.383. The average Bonchev–Trinajstić information content (AvgIpc) is 3.51. The largest absolute Gasteiger partial charge is 0.463 e. The number of fused-ring (bicyclic) bond motifs is 1. The number of benzene rings is 1. The van der Waals surface area contributed by atoms with Gasteiger partial charge in [-0.2, -0.15) is 5.10 Å². The third-order valence-electron chi connectivity index (χ3n) is 5.22. The lowest BCUT2D eigenvalue weighted by atomic mass is 10.2. The smallest absolute Gasteiger partial charge is 0.294 e. The Bertz CT molecular complexity index is 1300. The number of carbonyl (C=O) groups excluding carboxylic acids is 1. The molecule has 158 valence electrons. The highest BCUT2D eigenvalue weighted by atomic mass is 32.1. The van der Waals surface area contributed by atoms with Crippen LogP contribution >= 0.6 is 11.3 Å². The van der Waals surface area contributed by atoms with Gasteiger partial charge in [0, 0.05) is 18.8 Å². The topological polar surface area (TPSA) is 93.3 Å². The van der Waals surface area contributed by atoms with Crippen molar-refractivity contribution >= 4 is 38.3 Å². The van der Waals surface area contributed by atoms with Gasteiger partial charge < -0.3 is 14.6 Å². The number of thiazole rings is 1. The summed E-state index contributed by atoms with van der Waals surface area (Å²) in [4.78, 5) is 32.6. The highest BCUT2D eigenvalue weighted by Gasteiger charge is 2.23. The number of hydrogen-bond acceptors (Lipinski definition) is 7. The van der Waals surface area contributed by atoms with Crippen LogP contribution in [0.3, 0.4) is 0 Å². The van der Waals surface area contributed by atoms with E-state index in [-0.39, 0.29) is 18.0 Å². The van der Waals surface area contributed by atoms with Gasteiger partial charge in [0.2, 0.25) is 5.91 Å². The van der Waals surface area contributed by atoms with Crippen LogP contribution in [0.4, 0.5) is 10.8 Å². The van der Waals surface area contributed by atoms with E-state index < -0.39 is 0 Å². The molecule has 1 aliphatic rings. The van der Waals surface area contributed by atoms with Crippen LogP contribution in [0.5, 0.6) is 0 Å². The quantitative estimate of drug-likeness (QED) is 0.514. The average molecular weight is 436 g/mol. The second kappa shape index (κ2) is 7.99. The first-order chi connectivity index (χ1) is 15.1. The fourth-order valence-electron chi connectivity index (χ4n) is 3.73. The van der Waals surface area contributed by atoms with Gasteiger partial charge in [-0.3, -0.25) is 9.59 Å². The Morgan fingerprint density at radius 2 is 2.06 bits per heavy atom. The first kappa shape index (κ1) is 19.5. The summed E-state index contributed by atoms with van der Waals surface area (Å²) < 4.78 is 7.40. The van der Waals surface area contributed by atoms with E-state index in [4.69, 9.17) is 4.42 Å². The first-order valence-corrected chi connectivity index (χ1v) is 11.0. The molecule has 0 radical (unpaired) electrons. The predicted molar refractivity (Wildman–Crippen MR) is 121 cm³/mol. The zero-order chi connectivity index (χ0) is 21.4. The Kier molecular flexibility index (Phi) is 5.03. The summed E-state index contributed by atoms with van der Waals surface area (Å²) in [6.07, 6.45) is 3.79. The molecule has 0 spiro atoms. The minimum Gasteiger partial charge on any atom is -0.463 e. The van der Waals surface area contributed by atoms with Crippen molar-refractivity contribution in [2.24, 2.45) is 0 Å². The highest BCUT2D eigenvalue weighted by molar-refractivity contribution is 7.22. The number of anilines is 2. The molecule has 1 fully saturated rings. The second-order valence-electron chi connectivity index (χ2n) is 7.57. The molecule has 0 atom stereocenters.